The molecule has 1 aliphatic rings. The van der Waals surface area contributed by atoms with E-state index in [4.69, 9.17) is 0 Å². The van der Waals surface area contributed by atoms with Crippen molar-refractivity contribution in [3.8, 4) is 0 Å². The van der Waals surface area contributed by atoms with Gasteiger partial charge >= 0.3 is 5.82 Å². The molecule has 1 aliphatic carbocycles. The van der Waals surface area contributed by atoms with E-state index in [0.29, 0.717) is 6.42 Å². The Balaban J connectivity index is 2.09. The molecule has 7 heteroatoms. The molecule has 0 bridgehead atoms. The highest BCUT2D eigenvalue weighted by Gasteiger charge is 2.27. The monoisotopic (exact) mass is 267 g/mol. The van der Waals surface area contributed by atoms with Crippen molar-refractivity contribution in [1.82, 2.24) is 9.88 Å². The number of aromatic nitrogens is 1. The van der Waals surface area contributed by atoms with Crippen molar-refractivity contribution in [2.45, 2.75) is 37.8 Å². The molecule has 1 aromatic heterocycles. The smallest absolute Gasteiger partial charge is 0.323 e. The Kier molecular flexibility index (Phi) is 3.84. The minimum absolute atomic E-state index is 0.130. The van der Waals surface area contributed by atoms with E-state index in [1.54, 1.807) is 0 Å². The number of nitro groups is 1. The van der Waals surface area contributed by atoms with E-state index < -0.39 is 11.0 Å². The molecule has 1 aromatic rings. The Morgan fingerprint density at radius 3 is 2.74 bits per heavy atom. The van der Waals surface area contributed by atoms with Crippen LogP contribution in [0.1, 0.15) is 36.2 Å². The molecule has 7 nitrogen and oxygen atoms in total. The summed E-state index contributed by atoms with van der Waals surface area (Å²) in [7, 11) is 1.48. The summed E-state index contributed by atoms with van der Waals surface area (Å²) in [5.41, 5.74) is 0.226. The molecule has 0 saturated heterocycles. The van der Waals surface area contributed by atoms with Crippen molar-refractivity contribution >= 4 is 11.7 Å². The van der Waals surface area contributed by atoms with Crippen LogP contribution in [-0.2, 0) is 7.05 Å². The Labute approximate surface area is 110 Å². The minimum Gasteiger partial charge on any atom is -0.391 e. The van der Waals surface area contributed by atoms with E-state index in [1.165, 1.54) is 23.7 Å². The molecule has 1 heterocycles. The zero-order valence-corrected chi connectivity index (χ0v) is 10.7. The standard InChI is InChI=1S/C12H17N3O4/c1-14-9(6-7-11(14)15(18)19)12(17)13-8-4-2-3-5-10(8)16/h6-8,10,16H,2-5H2,1H3,(H,13,17)/t8-,10-/m0/s1. The topological polar surface area (TPSA) is 97.4 Å². The maximum Gasteiger partial charge on any atom is 0.323 e. The lowest BCUT2D eigenvalue weighted by Gasteiger charge is -2.27. The number of nitrogens with zero attached hydrogens (tertiary/aromatic N) is 2. The number of hydrogen-bond donors (Lipinski definition) is 2. The van der Waals surface area contributed by atoms with Gasteiger partial charge in [0.1, 0.15) is 0 Å². The summed E-state index contributed by atoms with van der Waals surface area (Å²) in [4.78, 5) is 22.2. The molecule has 1 saturated carbocycles. The fraction of sp³-hybridized carbons (Fsp3) is 0.583. The van der Waals surface area contributed by atoms with Crippen LogP contribution in [0.5, 0.6) is 0 Å². The van der Waals surface area contributed by atoms with Crippen LogP contribution in [0.25, 0.3) is 0 Å². The van der Waals surface area contributed by atoms with E-state index in [0.717, 1.165) is 19.3 Å². The van der Waals surface area contributed by atoms with E-state index in [9.17, 15) is 20.0 Å². The van der Waals surface area contributed by atoms with E-state index in [-0.39, 0.29) is 23.5 Å². The number of carbonyl (C=O) groups excluding carboxylic acids is 1. The molecule has 0 spiro atoms. The fourth-order valence-electron chi connectivity index (χ4n) is 2.43. The van der Waals surface area contributed by atoms with Gasteiger partial charge in [0.15, 0.2) is 5.69 Å². The van der Waals surface area contributed by atoms with E-state index in [2.05, 4.69) is 5.32 Å². The molecule has 1 fully saturated rings. The number of aliphatic hydroxyl groups is 1. The summed E-state index contributed by atoms with van der Waals surface area (Å²) in [5.74, 6) is -0.518. The van der Waals surface area contributed by atoms with Gasteiger partial charge in [-0.3, -0.25) is 4.79 Å². The molecule has 104 valence electrons. The van der Waals surface area contributed by atoms with Gasteiger partial charge in [-0.15, -0.1) is 0 Å². The van der Waals surface area contributed by atoms with Gasteiger partial charge < -0.3 is 20.5 Å². The average Bonchev–Trinajstić information content (AvgIpc) is 2.74. The highest BCUT2D eigenvalue weighted by Crippen LogP contribution is 2.20. The van der Waals surface area contributed by atoms with Crippen LogP contribution in [0.3, 0.4) is 0 Å². The highest BCUT2D eigenvalue weighted by molar-refractivity contribution is 5.93. The van der Waals surface area contributed by atoms with Gasteiger partial charge in [0.25, 0.3) is 5.91 Å². The number of rotatable bonds is 3. The summed E-state index contributed by atoms with van der Waals surface area (Å²) >= 11 is 0. The molecule has 0 radical (unpaired) electrons. The largest absolute Gasteiger partial charge is 0.391 e. The van der Waals surface area contributed by atoms with Gasteiger partial charge in [0.05, 0.1) is 19.2 Å². The third-order valence-corrected chi connectivity index (χ3v) is 3.56. The second kappa shape index (κ2) is 5.40. The third-order valence-electron chi connectivity index (χ3n) is 3.56. The second-order valence-corrected chi connectivity index (χ2v) is 4.82. The summed E-state index contributed by atoms with van der Waals surface area (Å²) in [6, 6.07) is 2.45. The summed E-state index contributed by atoms with van der Waals surface area (Å²) in [5, 5.41) is 23.3. The molecule has 2 rings (SSSR count). The van der Waals surface area contributed by atoms with Crippen molar-refractivity contribution in [1.29, 1.82) is 0 Å². The molecule has 0 aromatic carbocycles. The minimum atomic E-state index is -0.535. The third kappa shape index (κ3) is 2.76. The SMILES string of the molecule is Cn1c(C(=O)N[C@H]2CCCC[C@@H]2O)ccc1[N+](=O)[O-]. The molecule has 2 N–H and O–H groups in total. The maximum atomic E-state index is 12.0. The first kappa shape index (κ1) is 13.5. The van der Waals surface area contributed by atoms with Gasteiger partial charge in [-0.2, -0.15) is 0 Å². The molecular formula is C12H17N3O4. The predicted octanol–water partition coefficient (Wildman–Crippen LogP) is 0.967. The summed E-state index contributed by atoms with van der Waals surface area (Å²) < 4.78 is 1.24. The molecular weight excluding hydrogens is 250 g/mol. The normalized spacial score (nSPS) is 23.1. The Bertz CT molecular complexity index is 497. The van der Waals surface area contributed by atoms with Crippen LogP contribution < -0.4 is 5.32 Å². The van der Waals surface area contributed by atoms with Gasteiger partial charge in [0.2, 0.25) is 0 Å². The van der Waals surface area contributed by atoms with Crippen molar-refractivity contribution in [2.24, 2.45) is 7.05 Å². The second-order valence-electron chi connectivity index (χ2n) is 4.82. The number of hydrogen-bond acceptors (Lipinski definition) is 4. The lowest BCUT2D eigenvalue weighted by atomic mass is 9.92. The maximum absolute atomic E-state index is 12.0. The summed E-state index contributed by atoms with van der Waals surface area (Å²) in [6.45, 7) is 0. The first-order valence-electron chi connectivity index (χ1n) is 6.29. The Morgan fingerprint density at radius 1 is 1.47 bits per heavy atom. The zero-order chi connectivity index (χ0) is 14.0. The molecule has 0 unspecified atom stereocenters. The molecule has 2 atom stereocenters. The van der Waals surface area contributed by atoms with Gasteiger partial charge in [-0.25, -0.2) is 4.57 Å². The van der Waals surface area contributed by atoms with Gasteiger partial charge in [-0.05, 0) is 23.8 Å². The van der Waals surface area contributed by atoms with Crippen LogP contribution in [0, 0.1) is 10.1 Å². The van der Waals surface area contributed by atoms with Gasteiger partial charge in [0, 0.05) is 6.07 Å². The number of carbonyl (C=O) groups is 1. The zero-order valence-electron chi connectivity index (χ0n) is 10.7. The van der Waals surface area contributed by atoms with Gasteiger partial charge in [-0.1, -0.05) is 12.8 Å². The summed E-state index contributed by atoms with van der Waals surface area (Å²) in [6.07, 6.45) is 2.81. The lowest BCUT2D eigenvalue weighted by molar-refractivity contribution is -0.391. The van der Waals surface area contributed by atoms with Crippen LogP contribution in [0.2, 0.25) is 0 Å². The number of nitrogens with one attached hydrogen (secondary N) is 1. The fourth-order valence-corrected chi connectivity index (χ4v) is 2.43. The van der Waals surface area contributed by atoms with Crippen LogP contribution in [0.4, 0.5) is 5.82 Å². The van der Waals surface area contributed by atoms with Crippen LogP contribution in [-0.4, -0.2) is 32.6 Å². The molecule has 19 heavy (non-hydrogen) atoms. The van der Waals surface area contributed by atoms with Crippen LogP contribution in [0.15, 0.2) is 12.1 Å². The van der Waals surface area contributed by atoms with E-state index >= 15 is 0 Å². The molecule has 0 aliphatic heterocycles. The average molecular weight is 267 g/mol. The van der Waals surface area contributed by atoms with Crippen LogP contribution >= 0.6 is 0 Å². The lowest BCUT2D eigenvalue weighted by Crippen LogP contribution is -2.45. The van der Waals surface area contributed by atoms with Crippen molar-refractivity contribution in [3.63, 3.8) is 0 Å². The number of amides is 1. The number of aliphatic hydroxyl groups excluding tert-OH is 1. The highest BCUT2D eigenvalue weighted by atomic mass is 16.6. The first-order valence-corrected chi connectivity index (χ1v) is 6.29. The van der Waals surface area contributed by atoms with Crippen molar-refractivity contribution < 1.29 is 14.8 Å². The quantitative estimate of drug-likeness (QED) is 0.629. The van der Waals surface area contributed by atoms with Crippen molar-refractivity contribution in [2.75, 3.05) is 0 Å². The van der Waals surface area contributed by atoms with E-state index in [1.807, 2.05) is 0 Å². The Hall–Kier alpha value is -1.89. The molecule has 1 amide bonds. The Morgan fingerprint density at radius 2 is 2.16 bits per heavy atom. The van der Waals surface area contributed by atoms with Crippen molar-refractivity contribution in [3.05, 3.63) is 27.9 Å². The predicted molar refractivity (Wildman–Crippen MR) is 67.8 cm³/mol. The first-order chi connectivity index (χ1) is 9.00.